The molecule has 1 fully saturated rings. The maximum Gasteiger partial charge on any atom is 0.313 e. The zero-order valence-corrected chi connectivity index (χ0v) is 14.2. The molecule has 1 aliphatic carbocycles. The molecule has 0 radical (unpaired) electrons. The van der Waals surface area contributed by atoms with Crippen LogP contribution in [0.15, 0.2) is 0 Å². The molecule has 118 valence electrons. The number of hydrogen-bond acceptors (Lipinski definition) is 5. The summed E-state index contributed by atoms with van der Waals surface area (Å²) >= 11 is 1.62. The summed E-state index contributed by atoms with van der Waals surface area (Å²) in [6.45, 7) is 8.60. The standard InChI is InChI=1S/C15H29NO3S/c1-13(2,3)19-12(17)15(7-6-8-15)10-16-9-14(4,18)11-20-5/h16,18H,6-11H2,1-5H3. The Morgan fingerprint density at radius 2 is 1.95 bits per heavy atom. The molecule has 1 unspecified atom stereocenters. The van der Waals surface area contributed by atoms with Crippen LogP contribution in [0.3, 0.4) is 0 Å². The van der Waals surface area contributed by atoms with Crippen LogP contribution in [-0.4, -0.2) is 47.4 Å². The average Bonchev–Trinajstić information content (AvgIpc) is 2.18. The van der Waals surface area contributed by atoms with E-state index in [4.69, 9.17) is 4.74 Å². The van der Waals surface area contributed by atoms with E-state index in [-0.39, 0.29) is 11.4 Å². The van der Waals surface area contributed by atoms with Gasteiger partial charge in [-0.2, -0.15) is 11.8 Å². The Morgan fingerprint density at radius 1 is 1.35 bits per heavy atom. The first-order valence-electron chi connectivity index (χ1n) is 7.26. The molecule has 1 atom stereocenters. The van der Waals surface area contributed by atoms with Crippen LogP contribution in [0.25, 0.3) is 0 Å². The lowest BCUT2D eigenvalue weighted by Gasteiger charge is -2.41. The maximum absolute atomic E-state index is 12.3. The molecule has 0 bridgehead atoms. The Balaban J connectivity index is 2.48. The third kappa shape index (κ3) is 5.26. The van der Waals surface area contributed by atoms with Crippen LogP contribution in [0.2, 0.25) is 0 Å². The van der Waals surface area contributed by atoms with Gasteiger partial charge in [0.2, 0.25) is 0 Å². The first-order chi connectivity index (χ1) is 9.10. The molecule has 1 rings (SSSR count). The predicted octanol–water partition coefficient (Wildman–Crippen LogP) is 2.20. The van der Waals surface area contributed by atoms with Gasteiger partial charge in [-0.15, -0.1) is 0 Å². The van der Waals surface area contributed by atoms with E-state index < -0.39 is 11.2 Å². The molecule has 1 aliphatic rings. The minimum atomic E-state index is -0.738. The third-order valence-electron chi connectivity index (χ3n) is 3.57. The molecule has 0 saturated heterocycles. The van der Waals surface area contributed by atoms with Gasteiger partial charge in [-0.3, -0.25) is 4.79 Å². The topological polar surface area (TPSA) is 58.6 Å². The lowest BCUT2D eigenvalue weighted by Crippen LogP contribution is -2.51. The fraction of sp³-hybridized carbons (Fsp3) is 0.933. The molecule has 5 heteroatoms. The molecule has 4 nitrogen and oxygen atoms in total. The van der Waals surface area contributed by atoms with Gasteiger partial charge in [0.05, 0.1) is 11.0 Å². The quantitative estimate of drug-likeness (QED) is 0.706. The van der Waals surface area contributed by atoms with E-state index in [9.17, 15) is 9.90 Å². The number of ether oxygens (including phenoxy) is 1. The van der Waals surface area contributed by atoms with E-state index in [1.807, 2.05) is 34.0 Å². The largest absolute Gasteiger partial charge is 0.460 e. The van der Waals surface area contributed by atoms with E-state index >= 15 is 0 Å². The minimum absolute atomic E-state index is 0.103. The second kappa shape index (κ2) is 6.67. The molecule has 2 N–H and O–H groups in total. The molecule has 0 aromatic heterocycles. The highest BCUT2D eigenvalue weighted by Crippen LogP contribution is 2.42. The van der Waals surface area contributed by atoms with Gasteiger partial charge in [0.15, 0.2) is 0 Å². The highest BCUT2D eigenvalue weighted by molar-refractivity contribution is 7.98. The van der Waals surface area contributed by atoms with Crippen LogP contribution in [0.5, 0.6) is 0 Å². The van der Waals surface area contributed by atoms with Crippen LogP contribution in [0, 0.1) is 5.41 Å². The molecule has 0 amide bonds. The SMILES string of the molecule is CSCC(C)(O)CNCC1(C(=O)OC(C)(C)C)CCC1. The van der Waals surface area contributed by atoms with Crippen molar-refractivity contribution in [1.82, 2.24) is 5.32 Å². The van der Waals surface area contributed by atoms with Gasteiger partial charge in [-0.1, -0.05) is 6.42 Å². The summed E-state index contributed by atoms with van der Waals surface area (Å²) in [5, 5.41) is 13.4. The fourth-order valence-electron chi connectivity index (χ4n) is 2.38. The van der Waals surface area contributed by atoms with Crippen molar-refractivity contribution in [2.75, 3.05) is 25.1 Å². The van der Waals surface area contributed by atoms with Crippen molar-refractivity contribution in [3.05, 3.63) is 0 Å². The van der Waals surface area contributed by atoms with Gasteiger partial charge < -0.3 is 15.2 Å². The number of esters is 1. The second-order valence-corrected chi connectivity index (χ2v) is 8.04. The van der Waals surface area contributed by atoms with Gasteiger partial charge in [-0.05, 0) is 46.8 Å². The highest BCUT2D eigenvalue weighted by Gasteiger charge is 2.46. The van der Waals surface area contributed by atoms with E-state index in [0.29, 0.717) is 18.8 Å². The molecule has 20 heavy (non-hydrogen) atoms. The van der Waals surface area contributed by atoms with E-state index in [0.717, 1.165) is 19.3 Å². The molecular weight excluding hydrogens is 274 g/mol. The summed E-state index contributed by atoms with van der Waals surface area (Å²) in [7, 11) is 0. The van der Waals surface area contributed by atoms with Crippen molar-refractivity contribution in [1.29, 1.82) is 0 Å². The lowest BCUT2D eigenvalue weighted by molar-refractivity contribution is -0.173. The summed E-state index contributed by atoms with van der Waals surface area (Å²) in [6.07, 6.45) is 4.80. The number of aliphatic hydroxyl groups is 1. The van der Waals surface area contributed by atoms with Crippen molar-refractivity contribution >= 4 is 17.7 Å². The highest BCUT2D eigenvalue weighted by atomic mass is 32.2. The monoisotopic (exact) mass is 303 g/mol. The maximum atomic E-state index is 12.3. The van der Waals surface area contributed by atoms with Crippen LogP contribution in [0.1, 0.15) is 47.0 Å². The smallest absolute Gasteiger partial charge is 0.313 e. The number of nitrogens with one attached hydrogen (secondary N) is 1. The summed E-state index contributed by atoms with van der Waals surface area (Å²) < 4.78 is 5.53. The van der Waals surface area contributed by atoms with Gasteiger partial charge in [-0.25, -0.2) is 0 Å². The average molecular weight is 303 g/mol. The zero-order valence-electron chi connectivity index (χ0n) is 13.4. The van der Waals surface area contributed by atoms with E-state index in [1.165, 1.54) is 0 Å². The predicted molar refractivity (Wildman–Crippen MR) is 84.0 cm³/mol. The number of carbonyl (C=O) groups excluding carboxylic acids is 1. The zero-order chi connectivity index (χ0) is 15.4. The Kier molecular flexibility index (Phi) is 5.93. The van der Waals surface area contributed by atoms with Crippen molar-refractivity contribution in [2.45, 2.75) is 58.2 Å². The Hall–Kier alpha value is -0.260. The van der Waals surface area contributed by atoms with Crippen molar-refractivity contribution < 1.29 is 14.6 Å². The molecule has 0 heterocycles. The van der Waals surface area contributed by atoms with Gasteiger partial charge in [0, 0.05) is 18.8 Å². The van der Waals surface area contributed by atoms with Crippen LogP contribution in [-0.2, 0) is 9.53 Å². The Bertz CT molecular complexity index is 333. The summed E-state index contributed by atoms with van der Waals surface area (Å²) in [5.41, 5.74) is -1.56. The number of hydrogen-bond donors (Lipinski definition) is 2. The van der Waals surface area contributed by atoms with Gasteiger partial charge >= 0.3 is 5.97 Å². The lowest BCUT2D eigenvalue weighted by atomic mass is 9.68. The molecule has 0 aliphatic heterocycles. The normalized spacial score (nSPS) is 20.9. The van der Waals surface area contributed by atoms with E-state index in [1.54, 1.807) is 11.8 Å². The molecule has 0 spiro atoms. The van der Waals surface area contributed by atoms with Crippen molar-refractivity contribution in [3.8, 4) is 0 Å². The van der Waals surface area contributed by atoms with Crippen molar-refractivity contribution in [2.24, 2.45) is 5.41 Å². The summed E-state index contributed by atoms with van der Waals surface area (Å²) in [6, 6.07) is 0. The minimum Gasteiger partial charge on any atom is -0.460 e. The number of rotatable bonds is 7. The molecule has 0 aromatic carbocycles. The van der Waals surface area contributed by atoms with Crippen LogP contribution in [0.4, 0.5) is 0 Å². The molecule has 0 aromatic rings. The summed E-state index contributed by atoms with van der Waals surface area (Å²) in [4.78, 5) is 12.3. The third-order valence-corrected chi connectivity index (χ3v) is 4.48. The van der Waals surface area contributed by atoms with E-state index in [2.05, 4.69) is 5.32 Å². The van der Waals surface area contributed by atoms with Gasteiger partial charge in [0.25, 0.3) is 0 Å². The Morgan fingerprint density at radius 3 is 2.35 bits per heavy atom. The molecule has 1 saturated carbocycles. The van der Waals surface area contributed by atoms with Crippen molar-refractivity contribution in [3.63, 3.8) is 0 Å². The first kappa shape index (κ1) is 17.8. The van der Waals surface area contributed by atoms with Crippen LogP contribution < -0.4 is 5.32 Å². The number of carbonyl (C=O) groups is 1. The fourth-order valence-corrected chi connectivity index (χ4v) is 3.10. The summed E-state index contributed by atoms with van der Waals surface area (Å²) in [5.74, 6) is 0.577. The van der Waals surface area contributed by atoms with Gasteiger partial charge in [0.1, 0.15) is 5.60 Å². The Labute approximate surface area is 127 Å². The first-order valence-corrected chi connectivity index (χ1v) is 8.65. The number of thioether (sulfide) groups is 1. The van der Waals surface area contributed by atoms with Crippen LogP contribution >= 0.6 is 11.8 Å². The molecular formula is C15H29NO3S. The second-order valence-electron chi connectivity index (χ2n) is 7.17.